The van der Waals surface area contributed by atoms with Gasteiger partial charge in [0.15, 0.2) is 0 Å². The second-order valence-electron chi connectivity index (χ2n) is 2.91. The summed E-state index contributed by atoms with van der Waals surface area (Å²) in [6, 6.07) is 9.65. The number of hydrogen-bond donors (Lipinski definition) is 1. The molecule has 0 atom stereocenters. The maximum atomic E-state index is 10.6. The Morgan fingerprint density at radius 3 is 2.53 bits per heavy atom. The second kappa shape index (κ2) is 5.31. The van der Waals surface area contributed by atoms with Gasteiger partial charge in [0.05, 0.1) is 6.26 Å². The molecule has 0 saturated heterocycles. The molecule has 4 nitrogen and oxygen atoms in total. The zero-order chi connectivity index (χ0) is 11.1. The van der Waals surface area contributed by atoms with Crippen LogP contribution in [0.15, 0.2) is 41.5 Å². The Morgan fingerprint density at radius 2 is 1.93 bits per heavy atom. The Bertz CT molecular complexity index is 450. The van der Waals surface area contributed by atoms with Crippen LogP contribution in [0.5, 0.6) is 0 Å². The van der Waals surface area contributed by atoms with Crippen molar-refractivity contribution < 1.29 is 8.42 Å². The maximum Gasteiger partial charge on any atom is 0.244 e. The van der Waals surface area contributed by atoms with Crippen LogP contribution < -0.4 is 4.83 Å². The second-order valence-corrected chi connectivity index (χ2v) is 4.64. The Morgan fingerprint density at radius 1 is 1.27 bits per heavy atom. The van der Waals surface area contributed by atoms with E-state index in [1.165, 1.54) is 6.21 Å². The molecule has 0 bridgehead atoms. The molecule has 80 valence electrons. The number of rotatable bonds is 4. The van der Waals surface area contributed by atoms with Crippen LogP contribution in [0.4, 0.5) is 0 Å². The number of hydrogen-bond acceptors (Lipinski definition) is 3. The van der Waals surface area contributed by atoms with Gasteiger partial charge in [0.1, 0.15) is 0 Å². The van der Waals surface area contributed by atoms with E-state index in [0.717, 1.165) is 11.8 Å². The molecule has 0 spiro atoms. The van der Waals surface area contributed by atoms with Crippen molar-refractivity contribution in [2.45, 2.75) is 0 Å². The van der Waals surface area contributed by atoms with Crippen LogP contribution >= 0.6 is 0 Å². The smallest absolute Gasteiger partial charge is 0.206 e. The molecule has 0 aliphatic carbocycles. The first kappa shape index (κ1) is 11.5. The first-order chi connectivity index (χ1) is 7.08. The van der Waals surface area contributed by atoms with Crippen LogP contribution in [0, 0.1) is 0 Å². The Balaban J connectivity index is 2.48. The van der Waals surface area contributed by atoms with Crippen molar-refractivity contribution in [3.05, 3.63) is 42.0 Å². The van der Waals surface area contributed by atoms with Gasteiger partial charge in [-0.15, -0.1) is 0 Å². The van der Waals surface area contributed by atoms with E-state index in [0.29, 0.717) is 0 Å². The molecule has 0 aromatic heterocycles. The first-order valence-electron chi connectivity index (χ1n) is 4.29. The summed E-state index contributed by atoms with van der Waals surface area (Å²) < 4.78 is 21.2. The van der Waals surface area contributed by atoms with Gasteiger partial charge >= 0.3 is 0 Å². The van der Waals surface area contributed by atoms with Crippen molar-refractivity contribution in [3.8, 4) is 0 Å². The molecular weight excluding hydrogens is 212 g/mol. The number of nitrogens with zero attached hydrogens (tertiary/aromatic N) is 1. The van der Waals surface area contributed by atoms with Gasteiger partial charge in [-0.3, -0.25) is 0 Å². The summed E-state index contributed by atoms with van der Waals surface area (Å²) in [5, 5.41) is 3.51. The molecule has 0 heterocycles. The molecule has 0 fully saturated rings. The lowest BCUT2D eigenvalue weighted by Crippen LogP contribution is -2.15. The summed E-state index contributed by atoms with van der Waals surface area (Å²) in [4.78, 5) is 2.00. The maximum absolute atomic E-state index is 10.6. The van der Waals surface area contributed by atoms with E-state index in [2.05, 4.69) is 5.10 Å². The molecule has 0 unspecified atom stereocenters. The average Bonchev–Trinajstić information content (AvgIpc) is 2.17. The molecule has 0 saturated carbocycles. The van der Waals surface area contributed by atoms with Gasteiger partial charge in [-0.2, -0.15) is 5.10 Å². The van der Waals surface area contributed by atoms with E-state index in [4.69, 9.17) is 0 Å². The molecule has 1 N–H and O–H groups in total. The minimum Gasteiger partial charge on any atom is -0.206 e. The van der Waals surface area contributed by atoms with Crippen LogP contribution in [0.1, 0.15) is 5.56 Å². The van der Waals surface area contributed by atoms with Gasteiger partial charge < -0.3 is 0 Å². The number of nitrogens with one attached hydrogen (secondary N) is 1. The molecule has 0 amide bonds. The van der Waals surface area contributed by atoms with Crippen LogP contribution in [-0.2, 0) is 10.0 Å². The SMILES string of the molecule is CS(=O)(=O)N/N=C\C=C\c1ccccc1. The standard InChI is InChI=1S/C10H12N2O2S/c1-15(13,14)12-11-9-5-8-10-6-3-2-4-7-10/h2-9,12H,1H3/b8-5+,11-9-. The lowest BCUT2D eigenvalue weighted by molar-refractivity contribution is 0.591. The Labute approximate surface area is 89.4 Å². The van der Waals surface area contributed by atoms with Gasteiger partial charge in [0.25, 0.3) is 0 Å². The third-order valence-corrected chi connectivity index (χ3v) is 1.90. The van der Waals surface area contributed by atoms with Gasteiger partial charge in [-0.1, -0.05) is 36.4 Å². The summed E-state index contributed by atoms with van der Waals surface area (Å²) in [5.74, 6) is 0. The first-order valence-corrected chi connectivity index (χ1v) is 6.18. The highest BCUT2D eigenvalue weighted by Crippen LogP contribution is 1.99. The van der Waals surface area contributed by atoms with Crippen LogP contribution in [-0.4, -0.2) is 20.9 Å². The monoisotopic (exact) mass is 224 g/mol. The number of benzene rings is 1. The third kappa shape index (κ3) is 5.64. The highest BCUT2D eigenvalue weighted by atomic mass is 32.2. The van der Waals surface area contributed by atoms with E-state index in [1.54, 1.807) is 6.08 Å². The molecule has 0 aliphatic heterocycles. The molecule has 1 aromatic rings. The van der Waals surface area contributed by atoms with Crippen molar-refractivity contribution in [1.29, 1.82) is 0 Å². The normalized spacial score (nSPS) is 12.3. The largest absolute Gasteiger partial charge is 0.244 e. The fourth-order valence-corrected chi connectivity index (χ4v) is 1.14. The highest BCUT2D eigenvalue weighted by Gasteiger charge is 1.92. The molecule has 1 rings (SSSR count). The lowest BCUT2D eigenvalue weighted by Gasteiger charge is -1.92. The number of sulfonamides is 1. The van der Waals surface area contributed by atoms with Gasteiger partial charge in [0, 0.05) is 6.21 Å². The molecule has 0 aliphatic rings. The molecular formula is C10H12N2O2S. The summed E-state index contributed by atoms with van der Waals surface area (Å²) >= 11 is 0. The van der Waals surface area contributed by atoms with E-state index in [-0.39, 0.29) is 0 Å². The zero-order valence-corrected chi connectivity index (χ0v) is 9.11. The fourth-order valence-electron chi connectivity index (χ4n) is 0.887. The third-order valence-electron chi connectivity index (χ3n) is 1.47. The van der Waals surface area contributed by atoms with Gasteiger partial charge in [0.2, 0.25) is 10.0 Å². The predicted octanol–water partition coefficient (Wildman–Crippen LogP) is 1.23. The topological polar surface area (TPSA) is 58.5 Å². The van der Waals surface area contributed by atoms with E-state index in [1.807, 2.05) is 41.2 Å². The molecule has 15 heavy (non-hydrogen) atoms. The Hall–Kier alpha value is -1.62. The van der Waals surface area contributed by atoms with Gasteiger partial charge in [-0.05, 0) is 11.6 Å². The average molecular weight is 224 g/mol. The predicted molar refractivity (Wildman–Crippen MR) is 61.9 cm³/mol. The van der Waals surface area contributed by atoms with E-state index in [9.17, 15) is 8.42 Å². The van der Waals surface area contributed by atoms with Crippen molar-refractivity contribution in [2.24, 2.45) is 5.10 Å². The summed E-state index contributed by atoms with van der Waals surface area (Å²) in [7, 11) is -3.25. The van der Waals surface area contributed by atoms with Crippen molar-refractivity contribution >= 4 is 22.3 Å². The lowest BCUT2D eigenvalue weighted by atomic mass is 10.2. The summed E-state index contributed by atoms with van der Waals surface area (Å²) in [6.45, 7) is 0. The van der Waals surface area contributed by atoms with Crippen LogP contribution in [0.25, 0.3) is 6.08 Å². The fraction of sp³-hybridized carbons (Fsp3) is 0.100. The van der Waals surface area contributed by atoms with Crippen LogP contribution in [0.2, 0.25) is 0 Å². The molecule has 0 radical (unpaired) electrons. The number of allylic oxidation sites excluding steroid dienone is 1. The van der Waals surface area contributed by atoms with E-state index < -0.39 is 10.0 Å². The molecule has 5 heteroatoms. The minimum atomic E-state index is -3.25. The zero-order valence-electron chi connectivity index (χ0n) is 8.29. The quantitative estimate of drug-likeness (QED) is 0.618. The van der Waals surface area contributed by atoms with E-state index >= 15 is 0 Å². The van der Waals surface area contributed by atoms with Crippen molar-refractivity contribution in [2.75, 3.05) is 6.26 Å². The Kier molecular flexibility index (Phi) is 4.05. The van der Waals surface area contributed by atoms with Crippen molar-refractivity contribution in [3.63, 3.8) is 0 Å². The van der Waals surface area contributed by atoms with Gasteiger partial charge in [-0.25, -0.2) is 13.2 Å². The summed E-state index contributed by atoms with van der Waals surface area (Å²) in [6.07, 6.45) is 5.92. The highest BCUT2D eigenvalue weighted by molar-refractivity contribution is 7.88. The number of hydrazone groups is 1. The van der Waals surface area contributed by atoms with Crippen LogP contribution in [0.3, 0.4) is 0 Å². The summed E-state index contributed by atoms with van der Waals surface area (Å²) in [5.41, 5.74) is 1.03. The minimum absolute atomic E-state index is 1.03. The van der Waals surface area contributed by atoms with Crippen molar-refractivity contribution in [1.82, 2.24) is 4.83 Å². The molecule has 1 aromatic carbocycles.